The van der Waals surface area contributed by atoms with Crippen molar-refractivity contribution in [1.82, 2.24) is 0 Å². The van der Waals surface area contributed by atoms with E-state index in [1.54, 1.807) is 0 Å². The molecule has 0 heterocycles. The van der Waals surface area contributed by atoms with Crippen molar-refractivity contribution in [3.63, 3.8) is 0 Å². The molecule has 1 aliphatic carbocycles. The van der Waals surface area contributed by atoms with E-state index in [-0.39, 0.29) is 11.1 Å². The highest BCUT2D eigenvalue weighted by molar-refractivity contribution is 5.76. The summed E-state index contributed by atoms with van der Waals surface area (Å²) in [6.45, 7) is 0. The summed E-state index contributed by atoms with van der Waals surface area (Å²) in [6.07, 6.45) is -6.40. The largest absolute Gasteiger partial charge is 0.416 e. The molecule has 120 valence electrons. The van der Waals surface area contributed by atoms with Gasteiger partial charge < -0.3 is 11.5 Å². The molecule has 0 spiro atoms. The van der Waals surface area contributed by atoms with Crippen molar-refractivity contribution in [2.24, 2.45) is 17.4 Å². The Labute approximate surface area is 122 Å². The second kappa shape index (κ2) is 5.13. The van der Waals surface area contributed by atoms with E-state index in [9.17, 15) is 26.3 Å². The van der Waals surface area contributed by atoms with Crippen molar-refractivity contribution >= 4 is 5.57 Å². The predicted octanol–water partition coefficient (Wildman–Crippen LogP) is 3.45. The molecule has 8 heteroatoms. The lowest BCUT2D eigenvalue weighted by atomic mass is 9.84. The minimum absolute atomic E-state index is 0.0100. The molecule has 22 heavy (non-hydrogen) atoms. The molecule has 2 rings (SSSR count). The minimum atomic E-state index is -4.71. The summed E-state index contributed by atoms with van der Waals surface area (Å²) in [5.41, 5.74) is 7.70. The van der Waals surface area contributed by atoms with Crippen molar-refractivity contribution in [3.8, 4) is 0 Å². The number of rotatable bonds is 1. The number of nitrogens with two attached hydrogens (primary N) is 2. The molecule has 0 saturated heterocycles. The van der Waals surface area contributed by atoms with E-state index in [0.717, 1.165) is 30.4 Å². The Morgan fingerprint density at radius 2 is 1.64 bits per heavy atom. The Kier molecular flexibility index (Phi) is 3.87. The predicted molar refractivity (Wildman–Crippen MR) is 69.2 cm³/mol. The van der Waals surface area contributed by atoms with Gasteiger partial charge in [0.1, 0.15) is 5.92 Å². The van der Waals surface area contributed by atoms with Crippen molar-refractivity contribution in [2.75, 3.05) is 0 Å². The average Bonchev–Trinajstić information content (AvgIpc) is 2.36. The van der Waals surface area contributed by atoms with Crippen LogP contribution in [0.2, 0.25) is 0 Å². The Morgan fingerprint density at radius 3 is 2.18 bits per heavy atom. The van der Waals surface area contributed by atoms with Gasteiger partial charge in [-0.2, -0.15) is 26.3 Å². The standard InChI is InChI=1S/C14H12F6N2/c15-13(16,17)10-3-1-2-8(6-10)9-4-5-12(21,22)11(7-9)14(18,19)20/h1-7,11H,21-22H2. The lowest BCUT2D eigenvalue weighted by molar-refractivity contribution is -0.172. The SMILES string of the molecule is NC1(N)C=CC(c2cccc(C(F)(F)F)c2)=CC1C(F)(F)F. The van der Waals surface area contributed by atoms with Gasteiger partial charge in [-0.1, -0.05) is 24.3 Å². The first kappa shape index (κ1) is 16.6. The van der Waals surface area contributed by atoms with Crippen LogP contribution in [0, 0.1) is 5.92 Å². The van der Waals surface area contributed by atoms with Crippen LogP contribution in [-0.2, 0) is 6.18 Å². The van der Waals surface area contributed by atoms with Crippen molar-refractivity contribution in [2.45, 2.75) is 18.0 Å². The highest BCUT2D eigenvalue weighted by Crippen LogP contribution is 2.39. The molecule has 0 fully saturated rings. The van der Waals surface area contributed by atoms with Gasteiger partial charge in [0.25, 0.3) is 0 Å². The van der Waals surface area contributed by atoms with Gasteiger partial charge in [-0.05, 0) is 29.3 Å². The summed E-state index contributed by atoms with van der Waals surface area (Å²) in [7, 11) is 0. The molecule has 0 bridgehead atoms. The van der Waals surface area contributed by atoms with Gasteiger partial charge in [-0.15, -0.1) is 0 Å². The number of allylic oxidation sites excluding steroid dienone is 2. The third kappa shape index (κ3) is 3.33. The maximum Gasteiger partial charge on any atom is 0.416 e. The highest BCUT2D eigenvalue weighted by atomic mass is 19.4. The average molecular weight is 322 g/mol. The van der Waals surface area contributed by atoms with E-state index >= 15 is 0 Å². The lowest BCUT2D eigenvalue weighted by Crippen LogP contribution is -2.58. The van der Waals surface area contributed by atoms with Gasteiger partial charge >= 0.3 is 12.4 Å². The Hall–Kier alpha value is -1.80. The first-order valence-corrected chi connectivity index (χ1v) is 6.14. The van der Waals surface area contributed by atoms with E-state index in [0.29, 0.717) is 0 Å². The third-order valence-corrected chi connectivity index (χ3v) is 3.31. The van der Waals surface area contributed by atoms with E-state index in [4.69, 9.17) is 11.5 Å². The Morgan fingerprint density at radius 1 is 1.00 bits per heavy atom. The maximum atomic E-state index is 13.0. The maximum absolute atomic E-state index is 13.0. The monoisotopic (exact) mass is 322 g/mol. The summed E-state index contributed by atoms with van der Waals surface area (Å²) in [5, 5.41) is 0. The quantitative estimate of drug-likeness (QED) is 0.615. The molecule has 0 saturated carbocycles. The van der Waals surface area contributed by atoms with Crippen LogP contribution in [0.15, 0.2) is 42.5 Å². The molecular formula is C14H12F6N2. The van der Waals surface area contributed by atoms with E-state index in [1.807, 2.05) is 0 Å². The summed E-state index contributed by atoms with van der Waals surface area (Å²) in [4.78, 5) is 0. The zero-order chi connectivity index (χ0) is 16.8. The number of halogens is 6. The van der Waals surface area contributed by atoms with E-state index < -0.39 is 29.5 Å². The molecule has 0 radical (unpaired) electrons. The lowest BCUT2D eigenvalue weighted by Gasteiger charge is -2.33. The summed E-state index contributed by atoms with van der Waals surface area (Å²) in [6, 6.07) is 4.04. The fourth-order valence-electron chi connectivity index (χ4n) is 2.16. The molecule has 1 atom stereocenters. The van der Waals surface area contributed by atoms with Gasteiger partial charge in [-0.25, -0.2) is 0 Å². The van der Waals surface area contributed by atoms with Gasteiger partial charge in [-0.3, -0.25) is 0 Å². The molecule has 4 N–H and O–H groups in total. The van der Waals surface area contributed by atoms with Crippen LogP contribution in [0.4, 0.5) is 26.3 Å². The molecular weight excluding hydrogens is 310 g/mol. The molecule has 1 aromatic rings. The van der Waals surface area contributed by atoms with E-state index in [1.165, 1.54) is 12.1 Å². The molecule has 0 amide bonds. The number of benzene rings is 1. The first-order chi connectivity index (χ1) is 9.91. The van der Waals surface area contributed by atoms with Crippen molar-refractivity contribution in [3.05, 3.63) is 53.6 Å². The van der Waals surface area contributed by atoms with Crippen LogP contribution < -0.4 is 11.5 Å². The molecule has 2 nitrogen and oxygen atoms in total. The number of hydrogen-bond acceptors (Lipinski definition) is 2. The fourth-order valence-corrected chi connectivity index (χ4v) is 2.16. The molecule has 1 aromatic carbocycles. The van der Waals surface area contributed by atoms with Crippen molar-refractivity contribution in [1.29, 1.82) is 0 Å². The van der Waals surface area contributed by atoms with E-state index in [2.05, 4.69) is 0 Å². The molecule has 0 aromatic heterocycles. The van der Waals surface area contributed by atoms with Gasteiger partial charge in [0.15, 0.2) is 0 Å². The van der Waals surface area contributed by atoms with Crippen molar-refractivity contribution < 1.29 is 26.3 Å². The fraction of sp³-hybridized carbons (Fsp3) is 0.286. The van der Waals surface area contributed by atoms with Crippen LogP contribution in [0.5, 0.6) is 0 Å². The molecule has 1 unspecified atom stereocenters. The second-order valence-corrected chi connectivity index (χ2v) is 5.05. The summed E-state index contributed by atoms with van der Waals surface area (Å²) in [5.74, 6) is -2.19. The molecule has 0 aliphatic heterocycles. The first-order valence-electron chi connectivity index (χ1n) is 6.14. The van der Waals surface area contributed by atoms with Crippen LogP contribution in [0.3, 0.4) is 0 Å². The minimum Gasteiger partial charge on any atom is -0.309 e. The number of alkyl halides is 6. The number of hydrogen-bond donors (Lipinski definition) is 2. The van der Waals surface area contributed by atoms with Crippen LogP contribution in [0.25, 0.3) is 5.57 Å². The summed E-state index contributed by atoms with van der Waals surface area (Å²) < 4.78 is 76.9. The smallest absolute Gasteiger partial charge is 0.309 e. The van der Waals surface area contributed by atoms with Crippen LogP contribution in [0.1, 0.15) is 11.1 Å². The highest BCUT2D eigenvalue weighted by Gasteiger charge is 2.49. The van der Waals surface area contributed by atoms with Crippen LogP contribution >= 0.6 is 0 Å². The second-order valence-electron chi connectivity index (χ2n) is 5.05. The third-order valence-electron chi connectivity index (χ3n) is 3.31. The zero-order valence-electron chi connectivity index (χ0n) is 11.0. The zero-order valence-corrected chi connectivity index (χ0v) is 11.0. The normalized spacial score (nSPS) is 21.6. The summed E-state index contributed by atoms with van der Waals surface area (Å²) >= 11 is 0. The van der Waals surface area contributed by atoms with Gasteiger partial charge in [0.2, 0.25) is 0 Å². The molecule has 1 aliphatic rings. The van der Waals surface area contributed by atoms with Gasteiger partial charge in [0.05, 0.1) is 11.2 Å². The van der Waals surface area contributed by atoms with Gasteiger partial charge in [0, 0.05) is 0 Å². The Bertz CT molecular complexity index is 625. The van der Waals surface area contributed by atoms with Crippen LogP contribution in [-0.4, -0.2) is 11.8 Å². The Balaban J connectivity index is 2.46. The topological polar surface area (TPSA) is 52.0 Å².